The van der Waals surface area contributed by atoms with E-state index in [1.165, 1.54) is 5.56 Å². The van der Waals surface area contributed by atoms with Gasteiger partial charge in [-0.3, -0.25) is 0 Å². The van der Waals surface area contributed by atoms with Gasteiger partial charge in [0.2, 0.25) is 0 Å². The van der Waals surface area contributed by atoms with E-state index in [0.717, 1.165) is 6.42 Å². The Morgan fingerprint density at radius 1 is 1.33 bits per heavy atom. The van der Waals surface area contributed by atoms with Crippen LogP contribution in [0.2, 0.25) is 0 Å². The van der Waals surface area contributed by atoms with Crippen LogP contribution >= 0.6 is 0 Å². The summed E-state index contributed by atoms with van der Waals surface area (Å²) in [6.45, 7) is 0. The fourth-order valence-electron chi connectivity index (χ4n) is 0.955. The summed E-state index contributed by atoms with van der Waals surface area (Å²) in [5.41, 5.74) is 6.62. The third-order valence-electron chi connectivity index (χ3n) is 1.59. The third-order valence-corrected chi connectivity index (χ3v) is 2.13. The third kappa shape index (κ3) is 4.04. The molecule has 0 saturated heterocycles. The number of hydrogen-bond acceptors (Lipinski definition) is 2. The molecule has 0 heterocycles. The Labute approximate surface area is 84.7 Å². The van der Waals surface area contributed by atoms with Crippen molar-refractivity contribution in [2.45, 2.75) is 16.8 Å². The summed E-state index contributed by atoms with van der Waals surface area (Å²) in [7, 11) is 0. The summed E-state index contributed by atoms with van der Waals surface area (Å²) in [6.07, 6.45) is 1.38. The van der Waals surface area contributed by atoms with Crippen LogP contribution in [-0.4, -0.2) is 9.05 Å². The molecule has 0 aromatic heterocycles. The zero-order valence-electron chi connectivity index (χ0n) is 6.63. The van der Waals surface area contributed by atoms with E-state index in [-0.39, 0.29) is 0 Å². The van der Waals surface area contributed by atoms with Gasteiger partial charge in [-0.25, -0.2) is 0 Å². The van der Waals surface area contributed by atoms with Crippen LogP contribution in [0.15, 0.2) is 30.3 Å². The molecule has 0 bridgehead atoms. The molecular formula is C9H12AuNO. The van der Waals surface area contributed by atoms with Crippen LogP contribution in [0.4, 0.5) is 0 Å². The first-order chi connectivity index (χ1) is 5.58. The van der Waals surface area contributed by atoms with Gasteiger partial charge in [0.05, 0.1) is 0 Å². The van der Waals surface area contributed by atoms with Crippen LogP contribution in [-0.2, 0) is 27.5 Å². The summed E-state index contributed by atoms with van der Waals surface area (Å²) in [5.74, 6) is 0. The maximum absolute atomic E-state index is 9.23. The molecule has 2 nitrogen and oxygen atoms in total. The fraction of sp³-hybridized carbons (Fsp3) is 0.333. The van der Waals surface area contributed by atoms with Gasteiger partial charge in [0, 0.05) is 0 Å². The number of benzene rings is 1. The molecule has 0 aliphatic rings. The molecule has 1 aromatic rings. The molecule has 70 valence electrons. The summed E-state index contributed by atoms with van der Waals surface area (Å²) < 4.78 is -1.10. The van der Waals surface area contributed by atoms with Crippen LogP contribution in [0, 0.1) is 0 Å². The number of rotatable bonds is 3. The van der Waals surface area contributed by atoms with E-state index in [1.54, 1.807) is 0 Å². The van der Waals surface area contributed by atoms with Crippen LogP contribution in [0.5, 0.6) is 0 Å². The molecule has 1 rings (SSSR count). The first-order valence-corrected chi connectivity index (χ1v) is 4.86. The van der Waals surface area contributed by atoms with E-state index in [4.69, 9.17) is 5.73 Å². The molecule has 0 radical (unpaired) electrons. The van der Waals surface area contributed by atoms with E-state index in [0.29, 0.717) is 6.42 Å². The molecule has 3 heteroatoms. The molecule has 0 aliphatic heterocycles. The molecular weight excluding hydrogens is 335 g/mol. The van der Waals surface area contributed by atoms with Gasteiger partial charge in [0.25, 0.3) is 0 Å². The second-order valence-corrected chi connectivity index (χ2v) is 4.61. The molecule has 1 unspecified atom stereocenters. The quantitative estimate of drug-likeness (QED) is 0.627. The normalized spacial score (nSPS) is 15.7. The number of hydrogen-bond donors (Lipinski definition) is 2. The molecule has 0 spiro atoms. The monoisotopic (exact) mass is 347 g/mol. The maximum atomic E-state index is 9.23. The predicted molar refractivity (Wildman–Crippen MR) is 43.9 cm³/mol. The second-order valence-electron chi connectivity index (χ2n) is 2.74. The molecule has 0 aliphatic carbocycles. The Morgan fingerprint density at radius 3 is 2.42 bits per heavy atom. The Bertz CT molecular complexity index is 230. The zero-order chi connectivity index (χ0) is 9.03. The Kier molecular flexibility index (Phi) is 3.50. The van der Waals surface area contributed by atoms with Gasteiger partial charge in [-0.05, 0) is 0 Å². The van der Waals surface area contributed by atoms with Crippen LogP contribution in [0.3, 0.4) is 0 Å². The Morgan fingerprint density at radius 2 is 1.92 bits per heavy atom. The van der Waals surface area contributed by atoms with Gasteiger partial charge in [0.1, 0.15) is 0 Å². The van der Waals surface area contributed by atoms with Crippen molar-refractivity contribution in [2.24, 2.45) is 5.73 Å². The minimum atomic E-state index is -1.10. The van der Waals surface area contributed by atoms with Crippen LogP contribution < -0.4 is 5.73 Å². The molecule has 0 amide bonds. The summed E-state index contributed by atoms with van der Waals surface area (Å²) in [4.78, 5) is 0. The van der Waals surface area contributed by atoms with Gasteiger partial charge >= 0.3 is 84.6 Å². The summed E-state index contributed by atoms with van der Waals surface area (Å²) in [5, 5.41) is 9.23. The molecule has 1 atom stereocenters. The van der Waals surface area contributed by atoms with Crippen molar-refractivity contribution in [3.05, 3.63) is 35.9 Å². The average molecular weight is 347 g/mol. The van der Waals surface area contributed by atoms with Gasteiger partial charge in [-0.1, -0.05) is 0 Å². The Hall–Kier alpha value is -0.120. The van der Waals surface area contributed by atoms with Gasteiger partial charge in [0.15, 0.2) is 0 Å². The summed E-state index contributed by atoms with van der Waals surface area (Å²) in [6, 6.07) is 9.99. The van der Waals surface area contributed by atoms with Crippen LogP contribution in [0.1, 0.15) is 12.0 Å². The topological polar surface area (TPSA) is 46.2 Å². The van der Waals surface area contributed by atoms with Gasteiger partial charge in [-0.15, -0.1) is 0 Å². The molecule has 3 N–H and O–H groups in total. The number of nitrogens with two attached hydrogens (primary N) is 1. The summed E-state index contributed by atoms with van der Waals surface area (Å²) >= 11 is 2.02. The van der Waals surface area contributed by atoms with Crippen LogP contribution in [0.25, 0.3) is 0 Å². The van der Waals surface area contributed by atoms with Crippen molar-refractivity contribution in [1.29, 1.82) is 0 Å². The molecule has 0 fully saturated rings. The molecule has 0 saturated carbocycles. The van der Waals surface area contributed by atoms with Crippen molar-refractivity contribution in [3.63, 3.8) is 0 Å². The van der Waals surface area contributed by atoms with E-state index >= 15 is 0 Å². The molecule has 12 heavy (non-hydrogen) atoms. The Balaban J connectivity index is 2.44. The predicted octanol–water partition coefficient (Wildman–Crippen LogP) is 0.771. The van der Waals surface area contributed by atoms with Gasteiger partial charge < -0.3 is 0 Å². The van der Waals surface area contributed by atoms with E-state index in [1.807, 2.05) is 51.4 Å². The molecule has 1 aromatic carbocycles. The SMILES string of the molecule is N[C](O)([Au])CCc1ccccc1. The number of aryl methyl sites for hydroxylation is 1. The van der Waals surface area contributed by atoms with E-state index in [2.05, 4.69) is 0 Å². The van der Waals surface area contributed by atoms with E-state index < -0.39 is 3.94 Å². The number of aliphatic hydroxyl groups is 1. The van der Waals surface area contributed by atoms with Gasteiger partial charge in [-0.2, -0.15) is 0 Å². The zero-order valence-corrected chi connectivity index (χ0v) is 8.79. The standard InChI is InChI=1S/C9H12NO.Au/c10-9(11)7-6-8-4-2-1-3-5-8;/h1-5,11H,6-7,10H2;. The van der Waals surface area contributed by atoms with Crippen molar-refractivity contribution in [2.75, 3.05) is 0 Å². The minimum absolute atomic E-state index is 0.570. The second kappa shape index (κ2) is 4.21. The first-order valence-electron chi connectivity index (χ1n) is 3.78. The van der Waals surface area contributed by atoms with Crippen molar-refractivity contribution in [1.82, 2.24) is 0 Å². The first kappa shape index (κ1) is 9.96. The van der Waals surface area contributed by atoms with Crippen molar-refractivity contribution >= 4 is 0 Å². The van der Waals surface area contributed by atoms with E-state index in [9.17, 15) is 5.11 Å². The fourth-order valence-corrected chi connectivity index (χ4v) is 1.23. The van der Waals surface area contributed by atoms with Crippen molar-refractivity contribution < 1.29 is 26.2 Å². The average Bonchev–Trinajstić information content (AvgIpc) is 2.02. The van der Waals surface area contributed by atoms with Crippen molar-refractivity contribution in [3.8, 4) is 0 Å².